The quantitative estimate of drug-likeness (QED) is 0.675. The van der Waals surface area contributed by atoms with Crippen LogP contribution in [0.15, 0.2) is 48.5 Å². The Morgan fingerprint density at radius 1 is 1.23 bits per heavy atom. The Balaban J connectivity index is 1.89. The van der Waals surface area contributed by atoms with Crippen molar-refractivity contribution in [3.63, 3.8) is 0 Å². The number of benzene rings is 2. The van der Waals surface area contributed by atoms with Crippen LogP contribution in [-0.2, 0) is 15.1 Å². The minimum Gasteiger partial charge on any atom is -0.444 e. The van der Waals surface area contributed by atoms with Gasteiger partial charge >= 0.3 is 6.09 Å². The SMILES string of the molecule is CC(C)(C)OC(=O)N[C@@]1(C#N)C(=O)N(C/C=C/c2ccc(Cl)c(Cl)c2)c2ccccc21. The van der Waals surface area contributed by atoms with Gasteiger partial charge in [-0.15, -0.1) is 0 Å². The first-order valence-electron chi connectivity index (χ1n) is 9.53. The molecule has 0 aromatic heterocycles. The van der Waals surface area contributed by atoms with Crippen LogP contribution in [0.2, 0.25) is 10.0 Å². The first-order valence-corrected chi connectivity index (χ1v) is 10.3. The highest BCUT2D eigenvalue weighted by Crippen LogP contribution is 2.40. The number of para-hydroxylation sites is 1. The van der Waals surface area contributed by atoms with Crippen LogP contribution in [0.5, 0.6) is 0 Å². The second-order valence-corrected chi connectivity index (χ2v) is 8.81. The molecule has 0 unspecified atom stereocenters. The molecule has 0 aliphatic carbocycles. The summed E-state index contributed by atoms with van der Waals surface area (Å²) in [5.74, 6) is -0.555. The average molecular weight is 458 g/mol. The van der Waals surface area contributed by atoms with Crippen LogP contribution in [0.25, 0.3) is 6.08 Å². The molecule has 0 spiro atoms. The van der Waals surface area contributed by atoms with Crippen molar-refractivity contribution in [1.29, 1.82) is 5.26 Å². The van der Waals surface area contributed by atoms with Gasteiger partial charge in [0.2, 0.25) is 5.54 Å². The summed E-state index contributed by atoms with van der Waals surface area (Å²) in [6, 6.07) is 14.1. The third-order valence-corrected chi connectivity index (χ3v) is 5.30. The topological polar surface area (TPSA) is 82.4 Å². The van der Waals surface area contributed by atoms with E-state index in [2.05, 4.69) is 5.32 Å². The van der Waals surface area contributed by atoms with E-state index in [0.717, 1.165) is 5.56 Å². The van der Waals surface area contributed by atoms with E-state index < -0.39 is 23.1 Å². The maximum absolute atomic E-state index is 13.3. The first-order chi connectivity index (χ1) is 14.6. The summed E-state index contributed by atoms with van der Waals surface area (Å²) in [6.45, 7) is 5.30. The molecule has 2 aromatic carbocycles. The number of hydrogen-bond donors (Lipinski definition) is 1. The minimum atomic E-state index is -1.86. The average Bonchev–Trinajstić information content (AvgIpc) is 2.92. The maximum Gasteiger partial charge on any atom is 0.409 e. The van der Waals surface area contributed by atoms with E-state index in [1.807, 2.05) is 6.07 Å². The smallest absolute Gasteiger partial charge is 0.409 e. The van der Waals surface area contributed by atoms with Crippen LogP contribution in [0.3, 0.4) is 0 Å². The van der Waals surface area contributed by atoms with Crippen LogP contribution in [0, 0.1) is 11.3 Å². The molecule has 0 radical (unpaired) electrons. The Hall–Kier alpha value is -3.01. The van der Waals surface area contributed by atoms with Crippen molar-refractivity contribution in [2.45, 2.75) is 31.9 Å². The molecule has 1 N–H and O–H groups in total. The lowest BCUT2D eigenvalue weighted by Gasteiger charge is -2.26. The van der Waals surface area contributed by atoms with Crippen LogP contribution < -0.4 is 10.2 Å². The Morgan fingerprint density at radius 2 is 1.94 bits per heavy atom. The van der Waals surface area contributed by atoms with E-state index in [1.54, 1.807) is 75.4 Å². The van der Waals surface area contributed by atoms with Gasteiger partial charge in [0.05, 0.1) is 15.7 Å². The number of nitrogens with zero attached hydrogens (tertiary/aromatic N) is 2. The summed E-state index contributed by atoms with van der Waals surface area (Å²) in [5, 5.41) is 13.3. The fourth-order valence-corrected chi connectivity index (χ4v) is 3.56. The number of rotatable bonds is 4. The van der Waals surface area contributed by atoms with Crippen molar-refractivity contribution in [3.8, 4) is 6.07 Å². The number of hydrogen-bond acceptors (Lipinski definition) is 4. The lowest BCUT2D eigenvalue weighted by Crippen LogP contribution is -2.53. The van der Waals surface area contributed by atoms with Gasteiger partial charge in [0.25, 0.3) is 5.91 Å². The molecule has 2 aromatic rings. The molecule has 0 saturated carbocycles. The van der Waals surface area contributed by atoms with Gasteiger partial charge in [0.15, 0.2) is 0 Å². The van der Waals surface area contributed by atoms with Gasteiger partial charge in [-0.1, -0.05) is 59.6 Å². The largest absolute Gasteiger partial charge is 0.444 e. The molecule has 1 atom stereocenters. The number of fused-ring (bicyclic) bond motifs is 1. The standard InChI is InChI=1S/C23H21Cl2N3O3/c1-22(2,3)31-21(30)27-23(14-26)16-8-4-5-9-19(16)28(20(23)29)12-6-7-15-10-11-17(24)18(25)13-15/h4-11,13H,12H2,1-3H3,(H,27,30)/b7-6+/t23-/m1/s1. The van der Waals surface area contributed by atoms with E-state index in [-0.39, 0.29) is 6.54 Å². The van der Waals surface area contributed by atoms with Crippen molar-refractivity contribution in [3.05, 3.63) is 69.7 Å². The normalized spacial score (nSPS) is 18.1. The lowest BCUT2D eigenvalue weighted by molar-refractivity contribution is -0.122. The molecule has 2 amide bonds. The van der Waals surface area contributed by atoms with Gasteiger partial charge in [0, 0.05) is 12.1 Å². The summed E-state index contributed by atoms with van der Waals surface area (Å²) in [5.41, 5.74) is -0.881. The number of nitrogens with one attached hydrogen (secondary N) is 1. The lowest BCUT2D eigenvalue weighted by atomic mass is 9.93. The van der Waals surface area contributed by atoms with Gasteiger partial charge < -0.3 is 9.64 Å². The third kappa shape index (κ3) is 4.68. The number of amides is 2. The van der Waals surface area contributed by atoms with Crippen molar-refractivity contribution >= 4 is 47.0 Å². The van der Waals surface area contributed by atoms with Gasteiger partial charge in [-0.2, -0.15) is 5.26 Å². The minimum absolute atomic E-state index is 0.190. The molecule has 1 aliphatic heterocycles. The number of halogens is 2. The highest BCUT2D eigenvalue weighted by Gasteiger charge is 2.53. The second kappa shape index (κ2) is 8.62. The van der Waals surface area contributed by atoms with Crippen molar-refractivity contribution in [2.24, 2.45) is 0 Å². The van der Waals surface area contributed by atoms with Gasteiger partial charge in [-0.25, -0.2) is 4.79 Å². The molecule has 31 heavy (non-hydrogen) atoms. The van der Waals surface area contributed by atoms with Crippen molar-refractivity contribution in [1.82, 2.24) is 5.32 Å². The summed E-state index contributed by atoms with van der Waals surface area (Å²) in [6.07, 6.45) is 2.73. The van der Waals surface area contributed by atoms with Gasteiger partial charge in [0.1, 0.15) is 11.7 Å². The molecule has 8 heteroatoms. The summed E-state index contributed by atoms with van der Waals surface area (Å²) in [4.78, 5) is 27.2. The molecule has 6 nitrogen and oxygen atoms in total. The highest BCUT2D eigenvalue weighted by atomic mass is 35.5. The number of carbonyl (C=O) groups excluding carboxylic acids is 2. The van der Waals surface area contributed by atoms with E-state index in [0.29, 0.717) is 21.3 Å². The van der Waals surface area contributed by atoms with Crippen molar-refractivity contribution in [2.75, 3.05) is 11.4 Å². The number of ether oxygens (including phenoxy) is 1. The molecule has 3 rings (SSSR count). The third-order valence-electron chi connectivity index (χ3n) is 4.56. The Morgan fingerprint density at radius 3 is 2.58 bits per heavy atom. The first kappa shape index (κ1) is 22.7. The van der Waals surface area contributed by atoms with Crippen LogP contribution in [-0.4, -0.2) is 24.1 Å². The van der Waals surface area contributed by atoms with E-state index in [1.165, 1.54) is 4.90 Å². The molecule has 0 fully saturated rings. The second-order valence-electron chi connectivity index (χ2n) is 8.00. The molecule has 0 bridgehead atoms. The molecule has 1 heterocycles. The Bertz CT molecular complexity index is 1100. The van der Waals surface area contributed by atoms with Gasteiger partial charge in [-0.3, -0.25) is 10.1 Å². The molecule has 160 valence electrons. The number of anilines is 1. The van der Waals surface area contributed by atoms with Crippen LogP contribution in [0.4, 0.5) is 10.5 Å². The predicted octanol–water partition coefficient (Wildman–Crippen LogP) is 5.30. The van der Waals surface area contributed by atoms with Crippen molar-refractivity contribution < 1.29 is 14.3 Å². The summed E-state index contributed by atoms with van der Waals surface area (Å²) in [7, 11) is 0. The zero-order valence-electron chi connectivity index (χ0n) is 17.3. The zero-order valence-corrected chi connectivity index (χ0v) is 18.8. The zero-order chi connectivity index (χ0) is 22.8. The fourth-order valence-electron chi connectivity index (χ4n) is 3.26. The van der Waals surface area contributed by atoms with E-state index in [4.69, 9.17) is 27.9 Å². The fraction of sp³-hybridized carbons (Fsp3) is 0.261. The Labute approximate surface area is 191 Å². The summed E-state index contributed by atoms with van der Waals surface area (Å²) >= 11 is 12.0. The van der Waals surface area contributed by atoms with E-state index in [9.17, 15) is 14.9 Å². The summed E-state index contributed by atoms with van der Waals surface area (Å²) < 4.78 is 5.28. The van der Waals surface area contributed by atoms with Gasteiger partial charge in [-0.05, 0) is 44.5 Å². The van der Waals surface area contributed by atoms with Crippen LogP contribution >= 0.6 is 23.2 Å². The number of carbonyl (C=O) groups is 2. The van der Waals surface area contributed by atoms with Crippen LogP contribution in [0.1, 0.15) is 31.9 Å². The maximum atomic E-state index is 13.3. The predicted molar refractivity (Wildman–Crippen MR) is 121 cm³/mol. The Kier molecular flexibility index (Phi) is 6.30. The molecular weight excluding hydrogens is 437 g/mol. The number of alkyl carbamates (subject to hydrolysis) is 1. The number of nitriles is 1. The van der Waals surface area contributed by atoms with E-state index >= 15 is 0 Å². The highest BCUT2D eigenvalue weighted by molar-refractivity contribution is 6.42. The molecule has 0 saturated heterocycles. The molecule has 1 aliphatic rings. The monoisotopic (exact) mass is 457 g/mol. The molecular formula is C23H21Cl2N3O3.